The van der Waals surface area contributed by atoms with E-state index >= 15 is 0 Å². The molecule has 2 saturated carbocycles. The number of nitrogens with zero attached hydrogens (tertiary/aromatic N) is 3. The predicted molar refractivity (Wildman–Crippen MR) is 110 cm³/mol. The number of halogens is 3. The normalized spacial score (nSPS) is 18.5. The molecule has 1 aromatic heterocycles. The number of rotatable bonds is 5. The molecule has 0 bridgehead atoms. The van der Waals surface area contributed by atoms with Crippen LogP contribution in [0.5, 0.6) is 6.01 Å². The van der Waals surface area contributed by atoms with Gasteiger partial charge in [-0.3, -0.25) is 0 Å². The van der Waals surface area contributed by atoms with Gasteiger partial charge in [-0.2, -0.15) is 18.2 Å². The van der Waals surface area contributed by atoms with E-state index in [-0.39, 0.29) is 17.9 Å². The van der Waals surface area contributed by atoms with Crippen LogP contribution in [0.4, 0.5) is 24.7 Å². The van der Waals surface area contributed by atoms with Crippen LogP contribution in [0.1, 0.15) is 74.8 Å². The maximum absolute atomic E-state index is 13.8. The molecule has 2 aliphatic carbocycles. The number of hydrogen-bond donors (Lipinski definition) is 0. The highest BCUT2D eigenvalue weighted by molar-refractivity contribution is 5.66. The molecule has 2 fully saturated rings. The van der Waals surface area contributed by atoms with Crippen molar-refractivity contribution >= 4 is 11.5 Å². The van der Waals surface area contributed by atoms with Crippen molar-refractivity contribution in [3.05, 3.63) is 41.6 Å². The minimum absolute atomic E-state index is 0.0191. The Balaban J connectivity index is 1.70. The molecular weight excluding hydrogens is 391 g/mol. The zero-order valence-electron chi connectivity index (χ0n) is 17.3. The molecule has 4 nitrogen and oxygen atoms in total. The summed E-state index contributed by atoms with van der Waals surface area (Å²) in [4.78, 5) is 9.67. The Morgan fingerprint density at radius 1 is 0.967 bits per heavy atom. The molecule has 4 rings (SSSR count). The molecule has 2 aliphatic rings. The van der Waals surface area contributed by atoms with Gasteiger partial charge in [0.15, 0.2) is 5.82 Å². The van der Waals surface area contributed by atoms with Crippen LogP contribution in [0, 0.1) is 0 Å². The van der Waals surface area contributed by atoms with E-state index in [1.54, 1.807) is 11.9 Å². The van der Waals surface area contributed by atoms with E-state index in [9.17, 15) is 13.2 Å². The fourth-order valence-corrected chi connectivity index (χ4v) is 4.69. The van der Waals surface area contributed by atoms with Crippen LogP contribution in [0.25, 0.3) is 0 Å². The van der Waals surface area contributed by atoms with E-state index in [1.807, 2.05) is 24.3 Å². The van der Waals surface area contributed by atoms with Gasteiger partial charge in [0, 0.05) is 18.9 Å². The fourth-order valence-electron chi connectivity index (χ4n) is 4.69. The summed E-state index contributed by atoms with van der Waals surface area (Å²) in [6.07, 6.45) is 5.86. The Kier molecular flexibility index (Phi) is 6.16. The van der Waals surface area contributed by atoms with Crippen molar-refractivity contribution in [2.75, 3.05) is 11.9 Å². The molecule has 0 spiro atoms. The van der Waals surface area contributed by atoms with Gasteiger partial charge in [0.2, 0.25) is 0 Å². The first kappa shape index (κ1) is 20.9. The van der Waals surface area contributed by atoms with Gasteiger partial charge in [0.25, 0.3) is 0 Å². The molecule has 0 amide bonds. The maximum Gasteiger partial charge on any atom is 0.421 e. The first-order valence-electron chi connectivity index (χ1n) is 10.9. The van der Waals surface area contributed by atoms with Crippen molar-refractivity contribution in [1.29, 1.82) is 0 Å². The Morgan fingerprint density at radius 2 is 1.63 bits per heavy atom. The van der Waals surface area contributed by atoms with Crippen LogP contribution in [0.2, 0.25) is 0 Å². The van der Waals surface area contributed by atoms with Crippen LogP contribution in [-0.4, -0.2) is 23.1 Å². The Labute approximate surface area is 175 Å². The number of benzene rings is 1. The minimum atomic E-state index is -4.55. The van der Waals surface area contributed by atoms with Crippen LogP contribution in [0.15, 0.2) is 30.5 Å². The molecule has 0 radical (unpaired) electrons. The third-order valence-corrected chi connectivity index (χ3v) is 6.29. The van der Waals surface area contributed by atoms with E-state index in [1.165, 1.54) is 6.42 Å². The molecule has 162 valence electrons. The predicted octanol–water partition coefficient (Wildman–Crippen LogP) is 6.63. The minimum Gasteiger partial charge on any atom is -0.460 e. The lowest BCUT2D eigenvalue weighted by Crippen LogP contribution is -2.22. The summed E-state index contributed by atoms with van der Waals surface area (Å²) in [7, 11) is 1.65. The summed E-state index contributed by atoms with van der Waals surface area (Å²) in [5.74, 6) is 0.205. The molecule has 7 heteroatoms. The van der Waals surface area contributed by atoms with Crippen LogP contribution in [-0.2, 0) is 6.18 Å². The van der Waals surface area contributed by atoms with E-state index in [0.717, 1.165) is 68.8 Å². The summed E-state index contributed by atoms with van der Waals surface area (Å²) in [5, 5.41) is 0. The number of aromatic nitrogens is 2. The second-order valence-corrected chi connectivity index (χ2v) is 8.36. The molecule has 1 aromatic carbocycles. The van der Waals surface area contributed by atoms with Crippen molar-refractivity contribution in [2.24, 2.45) is 0 Å². The van der Waals surface area contributed by atoms with Gasteiger partial charge in [-0.05, 0) is 56.1 Å². The first-order chi connectivity index (χ1) is 14.4. The zero-order valence-corrected chi connectivity index (χ0v) is 17.3. The van der Waals surface area contributed by atoms with E-state index in [2.05, 4.69) is 9.97 Å². The Bertz CT molecular complexity index is 859. The topological polar surface area (TPSA) is 38.2 Å². The fraction of sp³-hybridized carbons (Fsp3) is 0.565. The summed E-state index contributed by atoms with van der Waals surface area (Å²) < 4.78 is 47.1. The second-order valence-electron chi connectivity index (χ2n) is 8.36. The standard InChI is InChI=1S/C23H28F3N3O/c1-29(20-14-8-7-13-18(20)16-9-3-2-4-10-16)21-19(23(24,25)26)15-27-22(28-21)30-17-11-5-6-12-17/h7-8,13-17H,2-6,9-12H2,1H3. The average molecular weight is 419 g/mol. The number of hydrogen-bond acceptors (Lipinski definition) is 4. The third kappa shape index (κ3) is 4.55. The lowest BCUT2D eigenvalue weighted by molar-refractivity contribution is -0.137. The molecule has 30 heavy (non-hydrogen) atoms. The third-order valence-electron chi connectivity index (χ3n) is 6.29. The molecule has 0 atom stereocenters. The highest BCUT2D eigenvalue weighted by Crippen LogP contribution is 2.42. The van der Waals surface area contributed by atoms with Crippen molar-refractivity contribution in [3.63, 3.8) is 0 Å². The lowest BCUT2D eigenvalue weighted by Gasteiger charge is -2.29. The maximum atomic E-state index is 13.8. The van der Waals surface area contributed by atoms with Crippen molar-refractivity contribution in [3.8, 4) is 6.01 Å². The Hall–Kier alpha value is -2.31. The smallest absolute Gasteiger partial charge is 0.421 e. The van der Waals surface area contributed by atoms with Crippen LogP contribution < -0.4 is 9.64 Å². The molecular formula is C23H28F3N3O. The molecule has 0 N–H and O–H groups in total. The Morgan fingerprint density at radius 3 is 2.33 bits per heavy atom. The van der Waals surface area contributed by atoms with Gasteiger partial charge < -0.3 is 9.64 Å². The summed E-state index contributed by atoms with van der Waals surface area (Å²) >= 11 is 0. The first-order valence-corrected chi connectivity index (χ1v) is 10.9. The molecule has 2 aromatic rings. The van der Waals surface area contributed by atoms with Crippen molar-refractivity contribution in [2.45, 2.75) is 76.0 Å². The second kappa shape index (κ2) is 8.82. The van der Waals surface area contributed by atoms with Gasteiger partial charge >= 0.3 is 12.2 Å². The van der Waals surface area contributed by atoms with E-state index in [0.29, 0.717) is 5.92 Å². The summed E-state index contributed by atoms with van der Waals surface area (Å²) in [6.45, 7) is 0. The molecule has 0 unspecified atom stereocenters. The monoisotopic (exact) mass is 419 g/mol. The van der Waals surface area contributed by atoms with E-state index < -0.39 is 11.7 Å². The van der Waals surface area contributed by atoms with Gasteiger partial charge in [-0.25, -0.2) is 4.98 Å². The van der Waals surface area contributed by atoms with E-state index in [4.69, 9.17) is 4.74 Å². The lowest BCUT2D eigenvalue weighted by atomic mass is 9.83. The average Bonchev–Trinajstić information content (AvgIpc) is 3.26. The largest absolute Gasteiger partial charge is 0.460 e. The molecule has 1 heterocycles. The van der Waals surface area contributed by atoms with Crippen LogP contribution >= 0.6 is 0 Å². The van der Waals surface area contributed by atoms with Crippen molar-refractivity contribution < 1.29 is 17.9 Å². The summed E-state index contributed by atoms with van der Waals surface area (Å²) in [5.41, 5.74) is 1.01. The molecule has 0 saturated heterocycles. The number of para-hydroxylation sites is 1. The molecule has 0 aliphatic heterocycles. The zero-order chi connectivity index (χ0) is 21.1. The van der Waals surface area contributed by atoms with Crippen LogP contribution in [0.3, 0.4) is 0 Å². The van der Waals surface area contributed by atoms with Gasteiger partial charge in [-0.15, -0.1) is 0 Å². The number of anilines is 2. The number of alkyl halides is 3. The summed E-state index contributed by atoms with van der Waals surface area (Å²) in [6, 6.07) is 7.76. The van der Waals surface area contributed by atoms with Gasteiger partial charge in [-0.1, -0.05) is 37.5 Å². The van der Waals surface area contributed by atoms with Crippen molar-refractivity contribution in [1.82, 2.24) is 9.97 Å². The SMILES string of the molecule is CN(c1ccccc1C1CCCCC1)c1nc(OC2CCCC2)ncc1C(F)(F)F. The highest BCUT2D eigenvalue weighted by Gasteiger charge is 2.37. The quantitative estimate of drug-likeness (QED) is 0.545. The van der Waals surface area contributed by atoms with Gasteiger partial charge in [0.05, 0.1) is 0 Å². The number of ether oxygens (including phenoxy) is 1. The van der Waals surface area contributed by atoms with Gasteiger partial charge in [0.1, 0.15) is 11.7 Å². The highest BCUT2D eigenvalue weighted by atomic mass is 19.4.